The zero-order valence-electron chi connectivity index (χ0n) is 14.1. The molecule has 0 atom stereocenters. The number of hydrogen-bond donors (Lipinski definition) is 1. The van der Waals surface area contributed by atoms with Gasteiger partial charge in [0.05, 0.1) is 15.9 Å². The van der Waals surface area contributed by atoms with Gasteiger partial charge in [-0.15, -0.1) is 11.3 Å². The third-order valence-electron chi connectivity index (χ3n) is 4.30. The van der Waals surface area contributed by atoms with Crippen LogP contribution in [0.15, 0.2) is 34.6 Å². The number of benzene rings is 1. The lowest BCUT2D eigenvalue weighted by molar-refractivity contribution is -0.123. The van der Waals surface area contributed by atoms with Crippen molar-refractivity contribution in [3.63, 3.8) is 0 Å². The molecule has 0 aliphatic carbocycles. The Morgan fingerprint density at radius 2 is 2.31 bits per heavy atom. The Bertz CT molecular complexity index is 998. The number of rotatable bonds is 6. The quantitative estimate of drug-likeness (QED) is 0.711. The molecule has 3 heterocycles. The van der Waals surface area contributed by atoms with Gasteiger partial charge >= 0.3 is 0 Å². The Kier molecular flexibility index (Phi) is 4.66. The van der Waals surface area contributed by atoms with Crippen LogP contribution >= 0.6 is 11.3 Å². The third kappa shape index (κ3) is 3.45. The molecule has 26 heavy (non-hydrogen) atoms. The highest BCUT2D eigenvalue weighted by Crippen LogP contribution is 2.19. The van der Waals surface area contributed by atoms with Crippen molar-refractivity contribution >= 4 is 28.1 Å². The molecule has 3 aromatic rings. The first-order chi connectivity index (χ1) is 12.7. The van der Waals surface area contributed by atoms with Gasteiger partial charge in [0.2, 0.25) is 0 Å². The van der Waals surface area contributed by atoms with Crippen molar-refractivity contribution in [1.82, 2.24) is 19.9 Å². The number of carbonyl (C=O) groups is 1. The van der Waals surface area contributed by atoms with Gasteiger partial charge in [0.15, 0.2) is 6.61 Å². The summed E-state index contributed by atoms with van der Waals surface area (Å²) >= 11 is 1.56. The molecule has 4 rings (SSSR count). The van der Waals surface area contributed by atoms with Crippen molar-refractivity contribution in [2.24, 2.45) is 0 Å². The van der Waals surface area contributed by atoms with Crippen LogP contribution in [0.4, 0.5) is 0 Å². The summed E-state index contributed by atoms with van der Waals surface area (Å²) < 4.78 is 7.26. The number of nitrogens with one attached hydrogen (secondary N) is 1. The minimum Gasteiger partial charge on any atom is -0.484 e. The normalized spacial score (nSPS) is 12.9. The van der Waals surface area contributed by atoms with Crippen molar-refractivity contribution in [2.75, 3.05) is 13.2 Å². The highest BCUT2D eigenvalue weighted by atomic mass is 32.1. The second-order valence-corrected chi connectivity index (χ2v) is 7.06. The molecule has 1 aliphatic rings. The molecule has 1 aliphatic heterocycles. The molecule has 0 saturated carbocycles. The molecule has 134 valence electrons. The summed E-state index contributed by atoms with van der Waals surface area (Å²) in [6, 6.07) is 5.17. The molecular formula is C18H18N4O3S. The number of aromatic nitrogens is 3. The number of aryl methyl sites for hydroxylation is 1. The molecule has 0 fully saturated rings. The van der Waals surface area contributed by atoms with Gasteiger partial charge in [0, 0.05) is 37.5 Å². The largest absolute Gasteiger partial charge is 0.484 e. The van der Waals surface area contributed by atoms with Crippen LogP contribution < -0.4 is 15.6 Å². The standard InChI is InChI=1S/C18H18N4O3S/c23-16(19-6-5-17-20-7-9-26-17)11-25-12-3-4-14-13(10-12)18(24)22-8-1-2-15(22)21-14/h3-4,7,9-10H,1-2,5-6,8,11H2,(H,19,23). The molecule has 0 spiro atoms. The Morgan fingerprint density at radius 1 is 1.38 bits per heavy atom. The maximum atomic E-state index is 12.5. The number of thiazole rings is 1. The molecule has 0 radical (unpaired) electrons. The van der Waals surface area contributed by atoms with Crippen molar-refractivity contribution in [1.29, 1.82) is 0 Å². The second-order valence-electron chi connectivity index (χ2n) is 6.08. The van der Waals surface area contributed by atoms with Gasteiger partial charge in [-0.3, -0.25) is 14.2 Å². The van der Waals surface area contributed by atoms with Crippen LogP contribution in [0.1, 0.15) is 17.3 Å². The minimum absolute atomic E-state index is 0.0409. The predicted octanol–water partition coefficient (Wildman–Crippen LogP) is 1.54. The van der Waals surface area contributed by atoms with E-state index in [9.17, 15) is 9.59 Å². The Balaban J connectivity index is 1.38. The average Bonchev–Trinajstić information content (AvgIpc) is 3.32. The van der Waals surface area contributed by atoms with Crippen LogP contribution in [0.25, 0.3) is 10.9 Å². The van der Waals surface area contributed by atoms with E-state index in [1.54, 1.807) is 40.3 Å². The Hall–Kier alpha value is -2.74. The smallest absolute Gasteiger partial charge is 0.261 e. The number of carbonyl (C=O) groups excluding carboxylic acids is 1. The van der Waals surface area contributed by atoms with Crippen molar-refractivity contribution in [2.45, 2.75) is 25.8 Å². The summed E-state index contributed by atoms with van der Waals surface area (Å²) in [5.41, 5.74) is 0.629. The molecule has 0 unspecified atom stereocenters. The summed E-state index contributed by atoms with van der Waals surface area (Å²) in [6.45, 7) is 1.14. The van der Waals surface area contributed by atoms with Gasteiger partial charge in [-0.1, -0.05) is 0 Å². The van der Waals surface area contributed by atoms with Crippen LogP contribution in [0.2, 0.25) is 0 Å². The highest BCUT2D eigenvalue weighted by molar-refractivity contribution is 7.09. The lowest BCUT2D eigenvalue weighted by atomic mass is 10.2. The van der Waals surface area contributed by atoms with E-state index >= 15 is 0 Å². The first kappa shape index (κ1) is 16.7. The lowest BCUT2D eigenvalue weighted by Crippen LogP contribution is -2.30. The topological polar surface area (TPSA) is 86.1 Å². The highest BCUT2D eigenvalue weighted by Gasteiger charge is 2.16. The summed E-state index contributed by atoms with van der Waals surface area (Å²) in [6.07, 6.45) is 4.23. The minimum atomic E-state index is -0.203. The fraction of sp³-hybridized carbons (Fsp3) is 0.333. The van der Waals surface area contributed by atoms with Crippen LogP contribution in [0.3, 0.4) is 0 Å². The fourth-order valence-electron chi connectivity index (χ4n) is 3.04. The van der Waals surface area contributed by atoms with Crippen LogP contribution in [-0.4, -0.2) is 33.6 Å². The Morgan fingerprint density at radius 3 is 3.15 bits per heavy atom. The van der Waals surface area contributed by atoms with E-state index in [-0.39, 0.29) is 18.1 Å². The number of fused-ring (bicyclic) bond motifs is 2. The van der Waals surface area contributed by atoms with E-state index in [0.29, 0.717) is 36.2 Å². The van der Waals surface area contributed by atoms with Crippen LogP contribution in [0, 0.1) is 0 Å². The van der Waals surface area contributed by atoms with E-state index < -0.39 is 0 Å². The third-order valence-corrected chi connectivity index (χ3v) is 5.14. The van der Waals surface area contributed by atoms with Gasteiger partial charge in [0.1, 0.15) is 11.6 Å². The van der Waals surface area contributed by atoms with Crippen LogP contribution in [0.5, 0.6) is 5.75 Å². The first-order valence-electron chi connectivity index (χ1n) is 8.52. The molecule has 8 heteroatoms. The number of amides is 1. The average molecular weight is 370 g/mol. The van der Waals surface area contributed by atoms with E-state index in [2.05, 4.69) is 15.3 Å². The second kappa shape index (κ2) is 7.25. The maximum Gasteiger partial charge on any atom is 0.261 e. The molecular weight excluding hydrogens is 352 g/mol. The zero-order chi connectivity index (χ0) is 17.9. The van der Waals surface area contributed by atoms with Gasteiger partial charge in [0.25, 0.3) is 11.5 Å². The van der Waals surface area contributed by atoms with E-state index in [0.717, 1.165) is 23.7 Å². The maximum absolute atomic E-state index is 12.5. The van der Waals surface area contributed by atoms with Gasteiger partial charge in [-0.25, -0.2) is 9.97 Å². The van der Waals surface area contributed by atoms with Crippen molar-refractivity contribution in [3.05, 3.63) is 51.0 Å². The summed E-state index contributed by atoms with van der Waals surface area (Å²) in [5, 5.41) is 6.22. The summed E-state index contributed by atoms with van der Waals surface area (Å²) in [5.74, 6) is 1.13. The molecule has 1 N–H and O–H groups in total. The monoisotopic (exact) mass is 370 g/mol. The first-order valence-corrected chi connectivity index (χ1v) is 9.40. The van der Waals surface area contributed by atoms with E-state index in [1.165, 1.54) is 0 Å². The van der Waals surface area contributed by atoms with Gasteiger partial charge in [-0.2, -0.15) is 0 Å². The summed E-state index contributed by atoms with van der Waals surface area (Å²) in [4.78, 5) is 33.2. The zero-order valence-corrected chi connectivity index (χ0v) is 14.9. The van der Waals surface area contributed by atoms with Crippen molar-refractivity contribution < 1.29 is 9.53 Å². The van der Waals surface area contributed by atoms with E-state index in [4.69, 9.17) is 4.74 Å². The van der Waals surface area contributed by atoms with Crippen LogP contribution in [-0.2, 0) is 24.2 Å². The molecule has 0 bridgehead atoms. The van der Waals surface area contributed by atoms with E-state index in [1.807, 2.05) is 5.38 Å². The Labute approximate surface area is 153 Å². The molecule has 0 saturated heterocycles. The molecule has 1 amide bonds. The SMILES string of the molecule is O=C(COc1ccc2nc3n(c(=O)c2c1)CCC3)NCCc1nccs1. The number of ether oxygens (including phenoxy) is 1. The lowest BCUT2D eigenvalue weighted by Gasteiger charge is -2.09. The van der Waals surface area contributed by atoms with Gasteiger partial charge in [-0.05, 0) is 24.6 Å². The fourth-order valence-corrected chi connectivity index (χ4v) is 3.66. The van der Waals surface area contributed by atoms with Gasteiger partial charge < -0.3 is 10.1 Å². The number of hydrogen-bond acceptors (Lipinski definition) is 6. The molecule has 2 aromatic heterocycles. The molecule has 1 aromatic carbocycles. The molecule has 7 nitrogen and oxygen atoms in total. The number of nitrogens with zero attached hydrogens (tertiary/aromatic N) is 3. The van der Waals surface area contributed by atoms with Crippen molar-refractivity contribution in [3.8, 4) is 5.75 Å². The predicted molar refractivity (Wildman–Crippen MR) is 98.6 cm³/mol. The summed E-state index contributed by atoms with van der Waals surface area (Å²) in [7, 11) is 0.